The van der Waals surface area contributed by atoms with Crippen LogP contribution in [0.15, 0.2) is 18.2 Å². The number of nitrogens with one attached hydrogen (secondary N) is 1. The molecule has 0 unspecified atom stereocenters. The molecule has 1 saturated heterocycles. The molecule has 1 aromatic rings. The van der Waals surface area contributed by atoms with Crippen LogP contribution in [0.1, 0.15) is 10.9 Å². The lowest BCUT2D eigenvalue weighted by Gasteiger charge is -2.13. The van der Waals surface area contributed by atoms with Gasteiger partial charge >= 0.3 is 5.97 Å². The van der Waals surface area contributed by atoms with Crippen molar-refractivity contribution in [2.45, 2.75) is 11.4 Å². The topological polar surface area (TPSA) is 49.3 Å². The maximum absolute atomic E-state index is 10.8. The average molecular weight is 278 g/mol. The molecule has 16 heavy (non-hydrogen) atoms. The van der Waals surface area contributed by atoms with E-state index in [0.29, 0.717) is 15.8 Å². The van der Waals surface area contributed by atoms with Crippen molar-refractivity contribution < 1.29 is 9.90 Å². The van der Waals surface area contributed by atoms with Crippen molar-refractivity contribution in [3.63, 3.8) is 0 Å². The predicted octanol–water partition coefficient (Wildman–Crippen LogP) is 2.78. The zero-order valence-electron chi connectivity index (χ0n) is 8.11. The van der Waals surface area contributed by atoms with Gasteiger partial charge in [0.15, 0.2) is 0 Å². The first-order chi connectivity index (χ1) is 7.59. The number of aliphatic carboxylic acids is 1. The first-order valence-corrected chi connectivity index (χ1v) is 6.44. The van der Waals surface area contributed by atoms with E-state index < -0.39 is 12.0 Å². The summed E-state index contributed by atoms with van der Waals surface area (Å²) in [6.45, 7) is 0. The van der Waals surface area contributed by atoms with Gasteiger partial charge in [-0.25, -0.2) is 0 Å². The second kappa shape index (κ2) is 4.84. The molecule has 3 nitrogen and oxygen atoms in total. The second-order valence-electron chi connectivity index (χ2n) is 3.41. The van der Waals surface area contributed by atoms with E-state index in [1.54, 1.807) is 12.1 Å². The monoisotopic (exact) mass is 277 g/mol. The molecule has 0 saturated carbocycles. The van der Waals surface area contributed by atoms with Gasteiger partial charge in [0.05, 0.1) is 15.4 Å². The molecule has 1 aliphatic rings. The molecule has 1 fully saturated rings. The molecule has 1 heterocycles. The van der Waals surface area contributed by atoms with Gasteiger partial charge in [-0.15, -0.1) is 11.8 Å². The number of benzene rings is 1. The first kappa shape index (κ1) is 12.0. The summed E-state index contributed by atoms with van der Waals surface area (Å²) < 4.78 is 0. The van der Waals surface area contributed by atoms with E-state index in [9.17, 15) is 4.79 Å². The SMILES string of the molecule is O=C(O)[C@H]1CS[C@H](c2cccc(Cl)c2Cl)N1. The predicted molar refractivity (Wildman–Crippen MR) is 66.2 cm³/mol. The van der Waals surface area contributed by atoms with Crippen LogP contribution in [0.2, 0.25) is 10.0 Å². The van der Waals surface area contributed by atoms with Crippen molar-refractivity contribution >= 4 is 40.9 Å². The second-order valence-corrected chi connectivity index (χ2v) is 5.34. The molecule has 0 spiro atoms. The van der Waals surface area contributed by atoms with E-state index in [4.69, 9.17) is 28.3 Å². The van der Waals surface area contributed by atoms with Gasteiger partial charge in [-0.05, 0) is 11.6 Å². The third kappa shape index (κ3) is 2.30. The smallest absolute Gasteiger partial charge is 0.321 e. The Hall–Kier alpha value is -0.420. The summed E-state index contributed by atoms with van der Waals surface area (Å²) in [5.74, 6) is -0.309. The minimum atomic E-state index is -0.840. The van der Waals surface area contributed by atoms with Crippen LogP contribution in [0.25, 0.3) is 0 Å². The molecule has 6 heteroatoms. The summed E-state index contributed by atoms with van der Waals surface area (Å²) in [5, 5.41) is 12.7. The summed E-state index contributed by atoms with van der Waals surface area (Å²) in [6.07, 6.45) is 0. The molecule has 0 radical (unpaired) electrons. The quantitative estimate of drug-likeness (QED) is 0.873. The van der Waals surface area contributed by atoms with Gasteiger partial charge in [0, 0.05) is 5.75 Å². The third-order valence-electron chi connectivity index (χ3n) is 2.34. The van der Waals surface area contributed by atoms with Crippen LogP contribution in [0.3, 0.4) is 0 Å². The molecule has 0 amide bonds. The Morgan fingerprint density at radius 3 is 2.88 bits per heavy atom. The Kier molecular flexibility index (Phi) is 3.64. The summed E-state index contributed by atoms with van der Waals surface area (Å²) in [7, 11) is 0. The van der Waals surface area contributed by atoms with Gasteiger partial charge < -0.3 is 5.11 Å². The van der Waals surface area contributed by atoms with Gasteiger partial charge in [-0.1, -0.05) is 35.3 Å². The Morgan fingerprint density at radius 1 is 1.50 bits per heavy atom. The summed E-state index contributed by atoms with van der Waals surface area (Å²) in [5.41, 5.74) is 0.836. The standard InChI is InChI=1S/C10H9Cl2NO2S/c11-6-3-1-2-5(8(6)12)9-13-7(4-16-9)10(14)15/h1-3,7,9,13H,4H2,(H,14,15)/t7-,9-/m1/s1. The van der Waals surface area contributed by atoms with E-state index in [2.05, 4.69) is 5.32 Å². The van der Waals surface area contributed by atoms with Crippen LogP contribution in [-0.4, -0.2) is 22.9 Å². The molecule has 1 aromatic carbocycles. The van der Waals surface area contributed by atoms with Crippen LogP contribution in [-0.2, 0) is 4.79 Å². The molecule has 0 bridgehead atoms. The number of carboxylic acids is 1. The van der Waals surface area contributed by atoms with E-state index in [0.717, 1.165) is 5.56 Å². The maximum Gasteiger partial charge on any atom is 0.321 e. The Bertz CT molecular complexity index is 427. The van der Waals surface area contributed by atoms with Crippen molar-refractivity contribution in [1.82, 2.24) is 5.32 Å². The Morgan fingerprint density at radius 2 is 2.25 bits per heavy atom. The lowest BCUT2D eigenvalue weighted by atomic mass is 10.2. The Balaban J connectivity index is 2.21. The van der Waals surface area contributed by atoms with Crippen LogP contribution < -0.4 is 5.32 Å². The third-order valence-corrected chi connectivity index (χ3v) is 4.43. The Labute approximate surface area is 107 Å². The first-order valence-electron chi connectivity index (χ1n) is 4.64. The van der Waals surface area contributed by atoms with Gasteiger partial charge in [-0.2, -0.15) is 0 Å². The number of rotatable bonds is 2. The van der Waals surface area contributed by atoms with Gasteiger partial charge in [-0.3, -0.25) is 10.1 Å². The molecular formula is C10H9Cl2NO2S. The van der Waals surface area contributed by atoms with E-state index in [1.165, 1.54) is 11.8 Å². The maximum atomic E-state index is 10.8. The van der Waals surface area contributed by atoms with Crippen LogP contribution in [0.4, 0.5) is 0 Å². The molecule has 1 aliphatic heterocycles. The van der Waals surface area contributed by atoms with E-state index in [1.807, 2.05) is 6.07 Å². The average Bonchev–Trinajstić information content (AvgIpc) is 2.71. The molecule has 0 aliphatic carbocycles. The fraction of sp³-hybridized carbons (Fsp3) is 0.300. The van der Waals surface area contributed by atoms with Crippen LogP contribution >= 0.6 is 35.0 Å². The minimum Gasteiger partial charge on any atom is -0.480 e. The largest absolute Gasteiger partial charge is 0.480 e. The van der Waals surface area contributed by atoms with Crippen molar-refractivity contribution in [2.75, 3.05) is 5.75 Å². The fourth-order valence-corrected chi connectivity index (χ4v) is 3.26. The summed E-state index contributed by atoms with van der Waals surface area (Å²) in [4.78, 5) is 10.8. The van der Waals surface area contributed by atoms with Crippen molar-refractivity contribution in [3.05, 3.63) is 33.8 Å². The molecule has 2 rings (SSSR count). The van der Waals surface area contributed by atoms with E-state index in [-0.39, 0.29) is 5.37 Å². The minimum absolute atomic E-state index is 0.104. The lowest BCUT2D eigenvalue weighted by Crippen LogP contribution is -2.33. The fourth-order valence-electron chi connectivity index (χ4n) is 1.52. The number of hydrogen-bond acceptors (Lipinski definition) is 3. The zero-order chi connectivity index (χ0) is 11.7. The van der Waals surface area contributed by atoms with E-state index >= 15 is 0 Å². The molecule has 2 N–H and O–H groups in total. The van der Waals surface area contributed by atoms with Crippen molar-refractivity contribution in [3.8, 4) is 0 Å². The highest BCUT2D eigenvalue weighted by atomic mass is 35.5. The number of carboxylic acid groups (broad SMARTS) is 1. The number of carbonyl (C=O) groups is 1. The van der Waals surface area contributed by atoms with Gasteiger partial charge in [0.2, 0.25) is 0 Å². The highest BCUT2D eigenvalue weighted by molar-refractivity contribution is 7.99. The highest BCUT2D eigenvalue weighted by Crippen LogP contribution is 2.38. The molecule has 0 aromatic heterocycles. The molecule has 2 atom stereocenters. The molecule has 86 valence electrons. The van der Waals surface area contributed by atoms with Crippen LogP contribution in [0, 0.1) is 0 Å². The summed E-state index contributed by atoms with van der Waals surface area (Å²) >= 11 is 13.5. The molecular weight excluding hydrogens is 269 g/mol. The number of hydrogen-bond donors (Lipinski definition) is 2. The normalized spacial score (nSPS) is 24.6. The van der Waals surface area contributed by atoms with Crippen molar-refractivity contribution in [1.29, 1.82) is 0 Å². The highest BCUT2D eigenvalue weighted by Gasteiger charge is 2.31. The number of halogens is 2. The zero-order valence-corrected chi connectivity index (χ0v) is 10.4. The van der Waals surface area contributed by atoms with Gasteiger partial charge in [0.1, 0.15) is 6.04 Å². The summed E-state index contributed by atoms with van der Waals surface area (Å²) in [6, 6.07) is 4.84. The van der Waals surface area contributed by atoms with Crippen molar-refractivity contribution in [2.24, 2.45) is 0 Å². The lowest BCUT2D eigenvalue weighted by molar-refractivity contribution is -0.138. The van der Waals surface area contributed by atoms with Crippen LogP contribution in [0.5, 0.6) is 0 Å². The number of thioether (sulfide) groups is 1. The van der Waals surface area contributed by atoms with Gasteiger partial charge in [0.25, 0.3) is 0 Å².